The molecule has 1 unspecified atom stereocenters. The van der Waals surface area contributed by atoms with Gasteiger partial charge in [0.15, 0.2) is 0 Å². The van der Waals surface area contributed by atoms with Gasteiger partial charge in [-0.3, -0.25) is 9.88 Å². The maximum atomic E-state index is 6.04. The summed E-state index contributed by atoms with van der Waals surface area (Å²) in [5, 5.41) is 5.42. The fourth-order valence-corrected chi connectivity index (χ4v) is 3.09. The molecule has 0 spiro atoms. The van der Waals surface area contributed by atoms with Crippen LogP contribution in [0, 0.1) is 0 Å². The van der Waals surface area contributed by atoms with Crippen LogP contribution < -0.4 is 5.32 Å². The Kier molecular flexibility index (Phi) is 4.81. The van der Waals surface area contributed by atoms with E-state index in [2.05, 4.69) is 34.1 Å². The number of nitrogens with one attached hydrogen (secondary N) is 1. The van der Waals surface area contributed by atoms with E-state index < -0.39 is 0 Å². The Morgan fingerprint density at radius 1 is 1.23 bits per heavy atom. The zero-order valence-corrected chi connectivity index (χ0v) is 14.0. The van der Waals surface area contributed by atoms with Gasteiger partial charge in [-0.25, -0.2) is 0 Å². The second-order valence-corrected chi connectivity index (χ2v) is 6.53. The summed E-state index contributed by atoms with van der Waals surface area (Å²) in [5.41, 5.74) is 2.06. The lowest BCUT2D eigenvalue weighted by Gasteiger charge is -2.36. The van der Waals surface area contributed by atoms with Crippen LogP contribution in [0.25, 0.3) is 10.9 Å². The number of piperazine rings is 1. The number of rotatable bonds is 4. The van der Waals surface area contributed by atoms with Gasteiger partial charge in [0.05, 0.1) is 5.52 Å². The molecular weight excluding hydrogens is 296 g/mol. The van der Waals surface area contributed by atoms with Crippen molar-refractivity contribution in [3.8, 4) is 0 Å². The lowest BCUT2D eigenvalue weighted by molar-refractivity contribution is 0.123. The lowest BCUT2D eigenvalue weighted by atomic mass is 10.1. The molecule has 2 heterocycles. The molecule has 1 aliphatic rings. The summed E-state index contributed by atoms with van der Waals surface area (Å²) in [7, 11) is 2.19. The molecule has 0 bridgehead atoms. The molecule has 0 aliphatic carbocycles. The summed E-state index contributed by atoms with van der Waals surface area (Å²) in [6.07, 6.45) is 1.83. The van der Waals surface area contributed by atoms with Crippen LogP contribution in [0.5, 0.6) is 0 Å². The second-order valence-electron chi connectivity index (χ2n) is 6.09. The standard InChI is InChI=1S/C17H23ClN4/c1-13(22-9-7-21(2)8-10-22)12-20-16-5-6-19-17-11-14(18)3-4-15(16)17/h3-6,11,13H,7-10,12H2,1-2H3,(H,19,20). The number of aromatic nitrogens is 1. The summed E-state index contributed by atoms with van der Waals surface area (Å²) >= 11 is 6.04. The van der Waals surface area contributed by atoms with Gasteiger partial charge in [0, 0.05) is 61.1 Å². The molecular formula is C17H23ClN4. The van der Waals surface area contributed by atoms with Gasteiger partial charge < -0.3 is 10.2 Å². The smallest absolute Gasteiger partial charge is 0.0737 e. The molecule has 1 fully saturated rings. The van der Waals surface area contributed by atoms with Crippen molar-refractivity contribution in [3.63, 3.8) is 0 Å². The zero-order chi connectivity index (χ0) is 15.5. The molecule has 3 rings (SSSR count). The van der Waals surface area contributed by atoms with Gasteiger partial charge in [0.25, 0.3) is 0 Å². The van der Waals surface area contributed by atoms with Gasteiger partial charge in [-0.1, -0.05) is 11.6 Å². The Balaban J connectivity index is 1.66. The fourth-order valence-electron chi connectivity index (χ4n) is 2.92. The van der Waals surface area contributed by atoms with Crippen LogP contribution in [-0.4, -0.2) is 60.6 Å². The Bertz CT molecular complexity index is 638. The third kappa shape index (κ3) is 3.51. The van der Waals surface area contributed by atoms with Gasteiger partial charge in [0.2, 0.25) is 0 Å². The number of pyridine rings is 1. The number of fused-ring (bicyclic) bond motifs is 1. The van der Waals surface area contributed by atoms with Crippen molar-refractivity contribution < 1.29 is 0 Å². The first-order chi connectivity index (χ1) is 10.6. The largest absolute Gasteiger partial charge is 0.383 e. The summed E-state index contributed by atoms with van der Waals surface area (Å²) in [6, 6.07) is 8.41. The third-order valence-electron chi connectivity index (χ3n) is 4.45. The highest BCUT2D eigenvalue weighted by Crippen LogP contribution is 2.24. The fraction of sp³-hybridized carbons (Fsp3) is 0.471. The average molecular weight is 319 g/mol. The van der Waals surface area contributed by atoms with Crippen LogP contribution >= 0.6 is 11.6 Å². The summed E-state index contributed by atoms with van der Waals surface area (Å²) in [5.74, 6) is 0. The molecule has 5 heteroatoms. The number of hydrogen-bond acceptors (Lipinski definition) is 4. The molecule has 0 amide bonds. The van der Waals surface area contributed by atoms with E-state index in [1.807, 2.05) is 30.5 Å². The number of nitrogens with zero attached hydrogens (tertiary/aromatic N) is 3. The maximum absolute atomic E-state index is 6.04. The third-order valence-corrected chi connectivity index (χ3v) is 4.69. The van der Waals surface area contributed by atoms with Crippen LogP contribution in [-0.2, 0) is 0 Å². The molecule has 0 saturated carbocycles. The predicted molar refractivity (Wildman–Crippen MR) is 93.8 cm³/mol. The normalized spacial score (nSPS) is 18.5. The Morgan fingerprint density at radius 3 is 2.77 bits per heavy atom. The first-order valence-corrected chi connectivity index (χ1v) is 8.22. The molecule has 1 N–H and O–H groups in total. The van der Waals surface area contributed by atoms with Crippen LogP contribution in [0.3, 0.4) is 0 Å². The number of halogens is 1. The van der Waals surface area contributed by atoms with Crippen molar-refractivity contribution in [2.75, 3.05) is 45.1 Å². The van der Waals surface area contributed by atoms with Crippen LogP contribution in [0.1, 0.15) is 6.92 Å². The van der Waals surface area contributed by atoms with E-state index in [1.54, 1.807) is 0 Å². The van der Waals surface area contributed by atoms with Crippen LogP contribution in [0.4, 0.5) is 5.69 Å². The SMILES string of the molecule is CC(CNc1ccnc2cc(Cl)ccc12)N1CCN(C)CC1. The van der Waals surface area contributed by atoms with E-state index >= 15 is 0 Å². The molecule has 1 aromatic carbocycles. The minimum Gasteiger partial charge on any atom is -0.383 e. The highest BCUT2D eigenvalue weighted by molar-refractivity contribution is 6.31. The van der Waals surface area contributed by atoms with Crippen molar-refractivity contribution in [2.45, 2.75) is 13.0 Å². The number of anilines is 1. The second kappa shape index (κ2) is 6.82. The van der Waals surface area contributed by atoms with Gasteiger partial charge in [-0.05, 0) is 38.2 Å². The molecule has 2 aromatic rings. The molecule has 1 saturated heterocycles. The van der Waals surface area contributed by atoms with E-state index in [9.17, 15) is 0 Å². The first kappa shape index (κ1) is 15.5. The van der Waals surface area contributed by atoms with Gasteiger partial charge in [-0.2, -0.15) is 0 Å². The van der Waals surface area contributed by atoms with Crippen molar-refractivity contribution in [2.24, 2.45) is 0 Å². The average Bonchev–Trinajstić information content (AvgIpc) is 2.52. The van der Waals surface area contributed by atoms with Crippen molar-refractivity contribution in [1.82, 2.24) is 14.8 Å². The van der Waals surface area contributed by atoms with Crippen molar-refractivity contribution in [3.05, 3.63) is 35.5 Å². The zero-order valence-electron chi connectivity index (χ0n) is 13.2. The molecule has 1 aromatic heterocycles. The molecule has 0 radical (unpaired) electrons. The van der Waals surface area contributed by atoms with Crippen molar-refractivity contribution >= 4 is 28.2 Å². The topological polar surface area (TPSA) is 31.4 Å². The molecule has 22 heavy (non-hydrogen) atoms. The highest BCUT2D eigenvalue weighted by Gasteiger charge is 2.18. The molecule has 4 nitrogen and oxygen atoms in total. The van der Waals surface area contributed by atoms with E-state index in [4.69, 9.17) is 11.6 Å². The van der Waals surface area contributed by atoms with Gasteiger partial charge in [0.1, 0.15) is 0 Å². The first-order valence-electron chi connectivity index (χ1n) is 7.84. The number of benzene rings is 1. The monoisotopic (exact) mass is 318 g/mol. The summed E-state index contributed by atoms with van der Waals surface area (Å²) in [4.78, 5) is 9.32. The Hall–Kier alpha value is -1.36. The summed E-state index contributed by atoms with van der Waals surface area (Å²) in [6.45, 7) is 7.82. The highest BCUT2D eigenvalue weighted by atomic mass is 35.5. The van der Waals surface area contributed by atoms with Gasteiger partial charge in [-0.15, -0.1) is 0 Å². The van der Waals surface area contributed by atoms with E-state index in [0.717, 1.165) is 54.3 Å². The molecule has 118 valence electrons. The quantitative estimate of drug-likeness (QED) is 0.939. The van der Waals surface area contributed by atoms with Crippen molar-refractivity contribution in [1.29, 1.82) is 0 Å². The van der Waals surface area contributed by atoms with E-state index in [-0.39, 0.29) is 0 Å². The predicted octanol–water partition coefficient (Wildman–Crippen LogP) is 2.94. The molecule has 1 atom stereocenters. The number of likely N-dealkylation sites (N-methyl/N-ethyl adjacent to an activating group) is 1. The minimum atomic E-state index is 0.518. The van der Waals surface area contributed by atoms with E-state index in [1.165, 1.54) is 0 Å². The van der Waals surface area contributed by atoms with Crippen LogP contribution in [0.15, 0.2) is 30.5 Å². The molecule has 1 aliphatic heterocycles. The summed E-state index contributed by atoms with van der Waals surface area (Å²) < 4.78 is 0. The van der Waals surface area contributed by atoms with Crippen LogP contribution in [0.2, 0.25) is 5.02 Å². The minimum absolute atomic E-state index is 0.518. The van der Waals surface area contributed by atoms with Gasteiger partial charge >= 0.3 is 0 Å². The lowest BCUT2D eigenvalue weighted by Crippen LogP contribution is -2.49. The Morgan fingerprint density at radius 2 is 2.00 bits per heavy atom. The number of hydrogen-bond donors (Lipinski definition) is 1. The van der Waals surface area contributed by atoms with E-state index in [0.29, 0.717) is 6.04 Å². The maximum Gasteiger partial charge on any atom is 0.0737 e. The Labute approximate surface area is 137 Å².